The van der Waals surface area contributed by atoms with Crippen molar-refractivity contribution < 1.29 is 9.59 Å². The Morgan fingerprint density at radius 1 is 1.12 bits per heavy atom. The van der Waals surface area contributed by atoms with Crippen molar-refractivity contribution in [3.05, 3.63) is 35.4 Å². The summed E-state index contributed by atoms with van der Waals surface area (Å²) in [6, 6.07) is 6.96. The van der Waals surface area contributed by atoms with Crippen molar-refractivity contribution in [2.75, 3.05) is 26.7 Å². The van der Waals surface area contributed by atoms with Gasteiger partial charge in [0.25, 0.3) is 11.8 Å². The number of amides is 2. The quantitative estimate of drug-likeness (QED) is 0.518. The molecule has 0 atom stereocenters. The number of rotatable bonds is 3. The molecule has 0 aliphatic carbocycles. The summed E-state index contributed by atoms with van der Waals surface area (Å²) in [6.07, 6.45) is 0. The maximum absolute atomic E-state index is 12.4. The average molecular weight is 342 g/mol. The lowest BCUT2D eigenvalue weighted by Gasteiger charge is -2.62. The lowest BCUT2D eigenvalue weighted by atomic mass is 9.65. The van der Waals surface area contributed by atoms with E-state index in [2.05, 4.69) is 42.9 Å². The minimum Gasteiger partial charge on any atom is -0.354 e. The maximum atomic E-state index is 12.4. The lowest BCUT2D eigenvalue weighted by molar-refractivity contribution is -0.0667. The smallest absolute Gasteiger partial charge is 0.261 e. The molecule has 6 nitrogen and oxygen atoms in total. The van der Waals surface area contributed by atoms with E-state index in [1.54, 1.807) is 31.3 Å². The standard InChI is InChI=1S/C19H26N4O2/c1-18(2)12-23(19(18,3)4)17(20-5)21-10-11-22-15(24)13-8-6-7-9-14(13)16(22)25/h6-9H,10-12H2,1-5H3,(H,20,21). The number of guanidine groups is 1. The maximum Gasteiger partial charge on any atom is 0.261 e. The Balaban J connectivity index is 1.60. The number of hydrogen-bond acceptors (Lipinski definition) is 3. The topological polar surface area (TPSA) is 65.0 Å². The van der Waals surface area contributed by atoms with Gasteiger partial charge in [-0.2, -0.15) is 0 Å². The van der Waals surface area contributed by atoms with Gasteiger partial charge in [0.1, 0.15) is 0 Å². The normalized spacial score (nSPS) is 21.2. The molecule has 0 bridgehead atoms. The van der Waals surface area contributed by atoms with Crippen LogP contribution in [0.3, 0.4) is 0 Å². The molecular formula is C19H26N4O2. The summed E-state index contributed by atoms with van der Waals surface area (Å²) in [5, 5.41) is 3.29. The van der Waals surface area contributed by atoms with Gasteiger partial charge in [-0.1, -0.05) is 26.0 Å². The highest BCUT2D eigenvalue weighted by molar-refractivity contribution is 6.21. The van der Waals surface area contributed by atoms with E-state index in [1.165, 1.54) is 4.90 Å². The monoisotopic (exact) mass is 342 g/mol. The number of benzene rings is 1. The zero-order valence-corrected chi connectivity index (χ0v) is 15.6. The van der Waals surface area contributed by atoms with Crippen LogP contribution in [0.5, 0.6) is 0 Å². The Morgan fingerprint density at radius 3 is 2.12 bits per heavy atom. The molecule has 2 amide bonds. The Hall–Kier alpha value is -2.37. The highest BCUT2D eigenvalue weighted by Crippen LogP contribution is 2.46. The summed E-state index contributed by atoms with van der Waals surface area (Å²) in [7, 11) is 1.76. The second kappa shape index (κ2) is 5.86. The number of likely N-dealkylation sites (tertiary alicyclic amines) is 1. The molecule has 6 heteroatoms. The molecule has 134 valence electrons. The van der Waals surface area contributed by atoms with Crippen LogP contribution in [0, 0.1) is 5.41 Å². The van der Waals surface area contributed by atoms with Crippen LogP contribution in [0.4, 0.5) is 0 Å². The van der Waals surface area contributed by atoms with Gasteiger partial charge >= 0.3 is 0 Å². The number of aliphatic imine (C=N–C) groups is 1. The molecule has 1 aromatic rings. The second-order valence-corrected chi connectivity index (χ2v) is 7.81. The molecule has 1 fully saturated rings. The molecular weight excluding hydrogens is 316 g/mol. The molecule has 25 heavy (non-hydrogen) atoms. The highest BCUT2D eigenvalue weighted by atomic mass is 16.2. The summed E-state index contributed by atoms with van der Waals surface area (Å²) in [6.45, 7) is 10.6. The van der Waals surface area contributed by atoms with Crippen molar-refractivity contribution in [1.29, 1.82) is 0 Å². The Bertz CT molecular complexity index is 717. The van der Waals surface area contributed by atoms with Crippen LogP contribution < -0.4 is 5.32 Å². The molecule has 0 radical (unpaired) electrons. The molecule has 0 aromatic heterocycles. The van der Waals surface area contributed by atoms with Gasteiger partial charge in [-0.25, -0.2) is 0 Å². The number of fused-ring (bicyclic) bond motifs is 1. The Kier molecular flexibility index (Phi) is 4.09. The van der Waals surface area contributed by atoms with Gasteiger partial charge in [0.15, 0.2) is 5.96 Å². The molecule has 1 aromatic carbocycles. The Morgan fingerprint density at radius 2 is 1.68 bits per heavy atom. The van der Waals surface area contributed by atoms with Gasteiger partial charge in [-0.15, -0.1) is 0 Å². The van der Waals surface area contributed by atoms with Gasteiger partial charge in [0.05, 0.1) is 11.1 Å². The van der Waals surface area contributed by atoms with E-state index in [0.29, 0.717) is 24.2 Å². The first-order valence-corrected chi connectivity index (χ1v) is 8.64. The molecule has 3 rings (SSSR count). The number of nitrogens with zero attached hydrogens (tertiary/aromatic N) is 3. The van der Waals surface area contributed by atoms with E-state index in [0.717, 1.165) is 12.5 Å². The third-order valence-electron chi connectivity index (χ3n) is 5.85. The molecule has 0 unspecified atom stereocenters. The fourth-order valence-electron chi connectivity index (χ4n) is 3.42. The van der Waals surface area contributed by atoms with Crippen LogP contribution in [-0.2, 0) is 0 Å². The van der Waals surface area contributed by atoms with E-state index in [-0.39, 0.29) is 22.8 Å². The predicted octanol–water partition coefficient (Wildman–Crippen LogP) is 1.98. The van der Waals surface area contributed by atoms with Gasteiger partial charge in [-0.3, -0.25) is 19.5 Å². The average Bonchev–Trinajstić information content (AvgIpc) is 2.82. The third-order valence-corrected chi connectivity index (χ3v) is 5.85. The third kappa shape index (κ3) is 2.60. The van der Waals surface area contributed by atoms with Crippen LogP contribution in [0.15, 0.2) is 29.3 Å². The summed E-state index contributed by atoms with van der Waals surface area (Å²) in [5.74, 6) is 0.367. The SMILES string of the molecule is CN=C(NCCN1C(=O)c2ccccc2C1=O)N1CC(C)(C)C1(C)C. The summed E-state index contributed by atoms with van der Waals surface area (Å²) < 4.78 is 0. The number of carbonyl (C=O) groups excluding carboxylic acids is 2. The first kappa shape index (κ1) is 17.5. The first-order valence-electron chi connectivity index (χ1n) is 8.64. The largest absolute Gasteiger partial charge is 0.354 e. The molecule has 0 spiro atoms. The Labute approximate surface area is 148 Å². The highest BCUT2D eigenvalue weighted by Gasteiger charge is 2.53. The summed E-state index contributed by atoms with van der Waals surface area (Å²) in [4.78, 5) is 32.6. The first-order chi connectivity index (χ1) is 11.7. The second-order valence-electron chi connectivity index (χ2n) is 7.81. The summed E-state index contributed by atoms with van der Waals surface area (Å²) in [5.41, 5.74) is 1.20. The van der Waals surface area contributed by atoms with E-state index >= 15 is 0 Å². The molecule has 2 aliphatic rings. The van der Waals surface area contributed by atoms with Crippen LogP contribution >= 0.6 is 0 Å². The fourth-order valence-corrected chi connectivity index (χ4v) is 3.42. The van der Waals surface area contributed by atoms with Gasteiger partial charge < -0.3 is 10.2 Å². The van der Waals surface area contributed by atoms with E-state index in [1.807, 2.05) is 0 Å². The lowest BCUT2D eigenvalue weighted by Crippen LogP contribution is -2.72. The van der Waals surface area contributed by atoms with E-state index < -0.39 is 0 Å². The molecule has 2 aliphatic heterocycles. The molecule has 0 saturated carbocycles. The van der Waals surface area contributed by atoms with Crippen molar-refractivity contribution in [2.45, 2.75) is 33.2 Å². The fraction of sp³-hybridized carbons (Fsp3) is 0.526. The molecule has 1 saturated heterocycles. The van der Waals surface area contributed by atoms with E-state index in [4.69, 9.17) is 0 Å². The zero-order valence-electron chi connectivity index (χ0n) is 15.6. The van der Waals surface area contributed by atoms with Crippen molar-refractivity contribution in [2.24, 2.45) is 10.4 Å². The van der Waals surface area contributed by atoms with Crippen molar-refractivity contribution in [3.8, 4) is 0 Å². The van der Waals surface area contributed by atoms with Crippen LogP contribution in [0.2, 0.25) is 0 Å². The zero-order chi connectivity index (χ0) is 18.4. The van der Waals surface area contributed by atoms with Crippen LogP contribution in [-0.4, -0.2) is 59.8 Å². The number of nitrogens with one attached hydrogen (secondary N) is 1. The van der Waals surface area contributed by atoms with Gasteiger partial charge in [-0.05, 0) is 26.0 Å². The minimum absolute atomic E-state index is 0.00433. The van der Waals surface area contributed by atoms with Gasteiger partial charge in [0, 0.05) is 37.6 Å². The number of hydrogen-bond donors (Lipinski definition) is 1. The molecule has 1 N–H and O–H groups in total. The van der Waals surface area contributed by atoms with Crippen molar-refractivity contribution in [1.82, 2.24) is 15.1 Å². The number of imide groups is 1. The van der Waals surface area contributed by atoms with E-state index in [9.17, 15) is 9.59 Å². The predicted molar refractivity (Wildman–Crippen MR) is 97.7 cm³/mol. The van der Waals surface area contributed by atoms with Crippen LogP contribution in [0.1, 0.15) is 48.4 Å². The van der Waals surface area contributed by atoms with Crippen molar-refractivity contribution in [3.63, 3.8) is 0 Å². The van der Waals surface area contributed by atoms with Gasteiger partial charge in [0.2, 0.25) is 0 Å². The minimum atomic E-state index is -0.220. The van der Waals surface area contributed by atoms with Crippen molar-refractivity contribution >= 4 is 17.8 Å². The van der Waals surface area contributed by atoms with Crippen LogP contribution in [0.25, 0.3) is 0 Å². The number of carbonyl (C=O) groups is 2. The summed E-state index contributed by atoms with van der Waals surface area (Å²) >= 11 is 0. The molecule has 2 heterocycles.